The number of likely N-dealkylation sites (N-methyl/N-ethyl adjacent to an activating group) is 2. The van der Waals surface area contributed by atoms with Crippen LogP contribution >= 0.6 is 12.2 Å². The third-order valence-electron chi connectivity index (χ3n) is 3.03. The lowest BCUT2D eigenvalue weighted by Gasteiger charge is -2.27. The van der Waals surface area contributed by atoms with Crippen molar-refractivity contribution in [1.82, 2.24) is 15.1 Å². The smallest absolute Gasteiger partial charge is 0.168 e. The topological polar surface area (TPSA) is 18.5 Å². The fourth-order valence-electron chi connectivity index (χ4n) is 1.98. The van der Waals surface area contributed by atoms with Gasteiger partial charge in [0.15, 0.2) is 5.11 Å². The summed E-state index contributed by atoms with van der Waals surface area (Å²) in [5.74, 6) is 0. The molecule has 0 aromatic rings. The zero-order chi connectivity index (χ0) is 11.3. The second-order valence-electron chi connectivity index (χ2n) is 4.39. The van der Waals surface area contributed by atoms with E-state index >= 15 is 0 Å². The first-order valence-corrected chi connectivity index (χ1v) is 6.25. The van der Waals surface area contributed by atoms with Crippen LogP contribution in [0.1, 0.15) is 26.2 Å². The summed E-state index contributed by atoms with van der Waals surface area (Å²) in [6.07, 6.45) is 3.75. The summed E-state index contributed by atoms with van der Waals surface area (Å²) in [4.78, 5) is 4.59. The molecule has 4 heteroatoms. The van der Waals surface area contributed by atoms with Gasteiger partial charge in [0.25, 0.3) is 0 Å². The van der Waals surface area contributed by atoms with E-state index < -0.39 is 0 Å². The van der Waals surface area contributed by atoms with Crippen LogP contribution in [0.4, 0.5) is 0 Å². The van der Waals surface area contributed by atoms with Crippen molar-refractivity contribution in [2.75, 3.05) is 33.7 Å². The third-order valence-corrected chi connectivity index (χ3v) is 3.49. The molecule has 1 rings (SSSR count). The minimum absolute atomic E-state index is 0.677. The molecule has 1 unspecified atom stereocenters. The molecule has 0 spiro atoms. The van der Waals surface area contributed by atoms with E-state index in [0.29, 0.717) is 6.04 Å². The van der Waals surface area contributed by atoms with Crippen LogP contribution in [0, 0.1) is 0 Å². The quantitative estimate of drug-likeness (QED) is 0.732. The first kappa shape index (κ1) is 12.7. The van der Waals surface area contributed by atoms with Crippen molar-refractivity contribution in [2.24, 2.45) is 0 Å². The monoisotopic (exact) mass is 229 g/mol. The van der Waals surface area contributed by atoms with E-state index in [9.17, 15) is 0 Å². The van der Waals surface area contributed by atoms with Crippen molar-refractivity contribution in [1.29, 1.82) is 0 Å². The summed E-state index contributed by atoms with van der Waals surface area (Å²) in [7, 11) is 4.28. The molecule has 1 saturated heterocycles. The zero-order valence-corrected chi connectivity index (χ0v) is 10.9. The Labute approximate surface area is 98.8 Å². The molecule has 1 atom stereocenters. The number of likely N-dealkylation sites (tertiary alicyclic amines) is 1. The van der Waals surface area contributed by atoms with Crippen LogP contribution in [0.15, 0.2) is 0 Å². The number of nitrogens with one attached hydrogen (secondary N) is 1. The van der Waals surface area contributed by atoms with Gasteiger partial charge in [0.05, 0.1) is 0 Å². The molecule has 0 aromatic carbocycles. The van der Waals surface area contributed by atoms with Gasteiger partial charge in [-0.1, -0.05) is 6.92 Å². The van der Waals surface area contributed by atoms with Crippen LogP contribution < -0.4 is 5.32 Å². The second-order valence-corrected chi connectivity index (χ2v) is 4.78. The molecule has 0 aromatic heterocycles. The molecule has 3 nitrogen and oxygen atoms in total. The van der Waals surface area contributed by atoms with Crippen molar-refractivity contribution < 1.29 is 0 Å². The van der Waals surface area contributed by atoms with Crippen molar-refractivity contribution in [3.8, 4) is 0 Å². The van der Waals surface area contributed by atoms with Crippen LogP contribution in [0.25, 0.3) is 0 Å². The van der Waals surface area contributed by atoms with Crippen LogP contribution in [0.3, 0.4) is 0 Å². The van der Waals surface area contributed by atoms with E-state index in [1.165, 1.54) is 19.4 Å². The average molecular weight is 229 g/mol. The van der Waals surface area contributed by atoms with E-state index in [2.05, 4.69) is 36.1 Å². The summed E-state index contributed by atoms with van der Waals surface area (Å²) in [6.45, 7) is 5.41. The molecule has 88 valence electrons. The average Bonchev–Trinajstić information content (AvgIpc) is 2.61. The summed E-state index contributed by atoms with van der Waals surface area (Å²) in [5.41, 5.74) is 0. The molecule has 1 aliphatic rings. The largest absolute Gasteiger partial charge is 0.363 e. The lowest BCUT2D eigenvalue weighted by Crippen LogP contribution is -2.44. The first-order chi connectivity index (χ1) is 7.15. The highest BCUT2D eigenvalue weighted by Crippen LogP contribution is 2.15. The molecule has 1 heterocycles. The molecule has 1 fully saturated rings. The SMILES string of the molecule is CCCNC(=S)N(C)CC1CCCN1C. The van der Waals surface area contributed by atoms with Gasteiger partial charge >= 0.3 is 0 Å². The predicted molar refractivity (Wildman–Crippen MR) is 69.2 cm³/mol. The maximum absolute atomic E-state index is 5.31. The zero-order valence-electron chi connectivity index (χ0n) is 10.1. The maximum Gasteiger partial charge on any atom is 0.168 e. The van der Waals surface area contributed by atoms with Gasteiger partial charge in [0.1, 0.15) is 0 Å². The normalized spacial score (nSPS) is 21.7. The van der Waals surface area contributed by atoms with E-state index in [1.54, 1.807) is 0 Å². The van der Waals surface area contributed by atoms with Gasteiger partial charge in [-0.05, 0) is 45.1 Å². The molecule has 15 heavy (non-hydrogen) atoms. The Morgan fingerprint density at radius 3 is 2.87 bits per heavy atom. The van der Waals surface area contributed by atoms with Crippen LogP contribution in [0.2, 0.25) is 0 Å². The molecular weight excluding hydrogens is 206 g/mol. The Hall–Kier alpha value is -0.350. The molecule has 1 aliphatic heterocycles. The van der Waals surface area contributed by atoms with Crippen molar-refractivity contribution in [2.45, 2.75) is 32.2 Å². The Bertz CT molecular complexity index is 208. The van der Waals surface area contributed by atoms with E-state index in [-0.39, 0.29) is 0 Å². The van der Waals surface area contributed by atoms with E-state index in [0.717, 1.165) is 24.6 Å². The van der Waals surface area contributed by atoms with Crippen LogP contribution in [-0.2, 0) is 0 Å². The Balaban J connectivity index is 2.27. The Kier molecular flexibility index (Phi) is 5.32. The summed E-state index contributed by atoms with van der Waals surface area (Å²) < 4.78 is 0. The number of thiocarbonyl (C=S) groups is 1. The Morgan fingerprint density at radius 1 is 1.60 bits per heavy atom. The highest BCUT2D eigenvalue weighted by Gasteiger charge is 2.22. The second kappa shape index (κ2) is 6.28. The summed E-state index contributed by atoms with van der Waals surface area (Å²) in [5, 5.41) is 4.15. The van der Waals surface area contributed by atoms with E-state index in [4.69, 9.17) is 12.2 Å². The van der Waals surface area contributed by atoms with Crippen molar-refractivity contribution in [3.05, 3.63) is 0 Å². The fraction of sp³-hybridized carbons (Fsp3) is 0.909. The number of nitrogens with zero attached hydrogens (tertiary/aromatic N) is 2. The van der Waals surface area contributed by atoms with Gasteiger partial charge < -0.3 is 15.1 Å². The van der Waals surface area contributed by atoms with Gasteiger partial charge in [-0.15, -0.1) is 0 Å². The lowest BCUT2D eigenvalue weighted by atomic mass is 10.2. The first-order valence-electron chi connectivity index (χ1n) is 5.84. The van der Waals surface area contributed by atoms with Gasteiger partial charge in [-0.25, -0.2) is 0 Å². The number of hydrogen-bond donors (Lipinski definition) is 1. The van der Waals surface area contributed by atoms with Crippen molar-refractivity contribution >= 4 is 17.3 Å². The number of rotatable bonds is 4. The van der Waals surface area contributed by atoms with Gasteiger partial charge in [0.2, 0.25) is 0 Å². The Morgan fingerprint density at radius 2 is 2.33 bits per heavy atom. The summed E-state index contributed by atoms with van der Waals surface area (Å²) in [6, 6.07) is 0.677. The number of hydrogen-bond acceptors (Lipinski definition) is 2. The molecule has 0 bridgehead atoms. The standard InChI is InChI=1S/C11H23N3S/c1-4-7-12-11(15)14(3)9-10-6-5-8-13(10)2/h10H,4-9H2,1-3H3,(H,12,15). The molecule has 0 aliphatic carbocycles. The van der Waals surface area contributed by atoms with Gasteiger partial charge in [-0.3, -0.25) is 0 Å². The molecule has 0 radical (unpaired) electrons. The van der Waals surface area contributed by atoms with Gasteiger partial charge in [0, 0.05) is 26.2 Å². The molecular formula is C11H23N3S. The lowest BCUT2D eigenvalue weighted by molar-refractivity contribution is 0.266. The van der Waals surface area contributed by atoms with Gasteiger partial charge in [-0.2, -0.15) is 0 Å². The van der Waals surface area contributed by atoms with Crippen LogP contribution in [0.5, 0.6) is 0 Å². The minimum atomic E-state index is 0.677. The maximum atomic E-state index is 5.31. The van der Waals surface area contributed by atoms with Crippen LogP contribution in [-0.4, -0.2) is 54.7 Å². The summed E-state index contributed by atoms with van der Waals surface area (Å²) >= 11 is 5.31. The minimum Gasteiger partial charge on any atom is -0.363 e. The van der Waals surface area contributed by atoms with Crippen molar-refractivity contribution in [3.63, 3.8) is 0 Å². The highest BCUT2D eigenvalue weighted by molar-refractivity contribution is 7.80. The predicted octanol–water partition coefficient (Wildman–Crippen LogP) is 1.30. The highest BCUT2D eigenvalue weighted by atomic mass is 32.1. The van der Waals surface area contributed by atoms with E-state index in [1.807, 2.05) is 0 Å². The third kappa shape index (κ3) is 3.95. The molecule has 0 saturated carbocycles. The molecule has 0 amide bonds. The fourth-order valence-corrected chi connectivity index (χ4v) is 2.15. The molecule has 1 N–H and O–H groups in total.